The normalized spacial score (nSPS) is 17.5. The predicted octanol–water partition coefficient (Wildman–Crippen LogP) is 0.106. The molecule has 176 valence electrons. The van der Waals surface area contributed by atoms with Crippen molar-refractivity contribution < 1.29 is 34.2 Å². The molecule has 0 spiro atoms. The van der Waals surface area contributed by atoms with Gasteiger partial charge in [0.1, 0.15) is 12.0 Å². The van der Waals surface area contributed by atoms with Gasteiger partial charge in [-0.25, -0.2) is 9.79 Å². The number of allylic oxidation sites excluding steroid dienone is 1. The number of rotatable bonds is 10. The number of carboxylic acid groups (broad SMARTS) is 2. The Kier molecular flexibility index (Phi) is 7.31. The first kappa shape index (κ1) is 24.0. The fraction of sp³-hybridized carbons (Fsp3) is 0.227. The number of fused-ring (bicyclic) bond motifs is 1. The highest BCUT2D eigenvalue weighted by atomic mass is 16.4. The summed E-state index contributed by atoms with van der Waals surface area (Å²) < 4.78 is 0. The molecule has 1 aliphatic carbocycles. The molecule has 0 bridgehead atoms. The summed E-state index contributed by atoms with van der Waals surface area (Å²) in [5.41, 5.74) is 7.23. The van der Waals surface area contributed by atoms with Gasteiger partial charge in [-0.1, -0.05) is 12.2 Å². The topological polar surface area (TPSA) is 192 Å². The lowest BCUT2D eigenvalue weighted by molar-refractivity contribution is -0.140. The van der Waals surface area contributed by atoms with E-state index in [-0.39, 0.29) is 24.5 Å². The van der Waals surface area contributed by atoms with Crippen LogP contribution in [0.25, 0.3) is 0 Å². The fourth-order valence-corrected chi connectivity index (χ4v) is 3.36. The number of benzene rings is 1. The maximum Gasteiger partial charge on any atom is 0.326 e. The molecule has 1 unspecified atom stereocenters. The zero-order valence-corrected chi connectivity index (χ0v) is 17.7. The second-order valence-corrected chi connectivity index (χ2v) is 7.47. The molecule has 1 aromatic carbocycles. The smallest absolute Gasteiger partial charge is 0.326 e. The van der Waals surface area contributed by atoms with E-state index >= 15 is 0 Å². The van der Waals surface area contributed by atoms with Crippen molar-refractivity contribution in [3.63, 3.8) is 0 Å². The molecular weight excluding hydrogens is 446 g/mol. The second kappa shape index (κ2) is 10.3. The van der Waals surface area contributed by atoms with Gasteiger partial charge < -0.3 is 26.2 Å². The van der Waals surface area contributed by atoms with Gasteiger partial charge in [-0.05, 0) is 42.3 Å². The number of aliphatic imine (C=N–C) groups is 2. The molecule has 1 aliphatic heterocycles. The van der Waals surface area contributed by atoms with Crippen LogP contribution in [0.2, 0.25) is 0 Å². The van der Waals surface area contributed by atoms with Crippen LogP contribution in [-0.2, 0) is 19.2 Å². The first-order valence-electron chi connectivity index (χ1n) is 10.1. The van der Waals surface area contributed by atoms with Crippen LogP contribution in [0.3, 0.4) is 0 Å². The van der Waals surface area contributed by atoms with Crippen molar-refractivity contribution in [1.82, 2.24) is 5.32 Å². The summed E-state index contributed by atoms with van der Waals surface area (Å²) in [5.74, 6) is -4.42. The Labute approximate surface area is 193 Å². The van der Waals surface area contributed by atoms with Crippen LogP contribution >= 0.6 is 0 Å². The van der Waals surface area contributed by atoms with Crippen molar-refractivity contribution in [3.05, 3.63) is 53.6 Å². The molecule has 34 heavy (non-hydrogen) atoms. The van der Waals surface area contributed by atoms with E-state index in [1.165, 1.54) is 29.2 Å². The minimum absolute atomic E-state index is 0.104. The monoisotopic (exact) mass is 467 g/mol. The molecule has 12 nitrogen and oxygen atoms in total. The van der Waals surface area contributed by atoms with E-state index in [0.717, 1.165) is 0 Å². The van der Waals surface area contributed by atoms with Crippen molar-refractivity contribution >= 4 is 47.5 Å². The number of anilines is 1. The van der Waals surface area contributed by atoms with Gasteiger partial charge in [-0.2, -0.15) is 4.99 Å². The van der Waals surface area contributed by atoms with Gasteiger partial charge >= 0.3 is 11.9 Å². The summed E-state index contributed by atoms with van der Waals surface area (Å²) >= 11 is 0. The van der Waals surface area contributed by atoms with Crippen molar-refractivity contribution in [2.45, 2.75) is 18.9 Å². The molecule has 0 aromatic heterocycles. The van der Waals surface area contributed by atoms with E-state index in [0.29, 0.717) is 23.4 Å². The number of guanidine groups is 1. The molecule has 0 fully saturated rings. The Morgan fingerprint density at radius 3 is 2.47 bits per heavy atom. The number of amides is 3. The number of hydrogen-bond donors (Lipinski definition) is 4. The summed E-state index contributed by atoms with van der Waals surface area (Å²) in [6, 6.07) is 4.49. The average molecular weight is 467 g/mol. The Morgan fingerprint density at radius 2 is 1.85 bits per heavy atom. The molecule has 1 heterocycles. The largest absolute Gasteiger partial charge is 0.481 e. The number of carboxylic acids is 2. The van der Waals surface area contributed by atoms with E-state index in [4.69, 9.17) is 10.8 Å². The Balaban J connectivity index is 1.67. The van der Waals surface area contributed by atoms with E-state index < -0.39 is 42.1 Å². The lowest BCUT2D eigenvalue weighted by Gasteiger charge is -2.23. The molecule has 0 saturated heterocycles. The molecule has 12 heteroatoms. The average Bonchev–Trinajstić information content (AvgIpc) is 2.80. The first-order valence-corrected chi connectivity index (χ1v) is 10.1. The van der Waals surface area contributed by atoms with Crippen LogP contribution in [0.5, 0.6) is 0 Å². The zero-order valence-electron chi connectivity index (χ0n) is 17.7. The van der Waals surface area contributed by atoms with Crippen LogP contribution in [0.1, 0.15) is 23.2 Å². The quantitative estimate of drug-likeness (QED) is 0.348. The van der Waals surface area contributed by atoms with Gasteiger partial charge in [0.05, 0.1) is 12.3 Å². The standard InChI is InChI=1S/C22H21N5O7/c23-22-25-16-6-1-12(9-15(16)20(32)26-22)10-27(11-28)14-4-2-13(3-5-14)19(31)24-17(21(33)34)7-8-18(29)30/h1-6,9,11,15,17H,7-8,10H2,(H,24,31)(H,29,30)(H,33,34)(H2,23,26,32)/t15?,17-/m0/s1. The minimum Gasteiger partial charge on any atom is -0.481 e. The van der Waals surface area contributed by atoms with Crippen LogP contribution in [-0.4, -0.2) is 64.6 Å². The highest BCUT2D eigenvalue weighted by Crippen LogP contribution is 2.22. The maximum absolute atomic E-state index is 12.4. The van der Waals surface area contributed by atoms with Gasteiger partial charge in [-0.3, -0.25) is 19.2 Å². The van der Waals surface area contributed by atoms with Crippen LogP contribution in [0.4, 0.5) is 5.69 Å². The number of carbonyl (C=O) groups excluding carboxylic acids is 3. The lowest BCUT2D eigenvalue weighted by Crippen LogP contribution is -2.41. The molecule has 5 N–H and O–H groups in total. The number of aliphatic carboxylic acids is 2. The third-order valence-electron chi connectivity index (χ3n) is 5.09. The molecule has 0 saturated carbocycles. The minimum atomic E-state index is -1.35. The Bertz CT molecular complexity index is 1150. The van der Waals surface area contributed by atoms with Crippen molar-refractivity contribution in [3.8, 4) is 0 Å². The molecule has 3 rings (SSSR count). The van der Waals surface area contributed by atoms with Gasteiger partial charge in [0.2, 0.25) is 12.4 Å². The van der Waals surface area contributed by atoms with E-state index in [9.17, 15) is 29.1 Å². The van der Waals surface area contributed by atoms with Gasteiger partial charge in [0, 0.05) is 17.7 Å². The number of hydrogen-bond acceptors (Lipinski definition) is 7. The van der Waals surface area contributed by atoms with Crippen LogP contribution < -0.4 is 16.0 Å². The van der Waals surface area contributed by atoms with Crippen molar-refractivity contribution in [2.75, 3.05) is 11.4 Å². The second-order valence-electron chi connectivity index (χ2n) is 7.47. The van der Waals surface area contributed by atoms with Crippen molar-refractivity contribution in [2.24, 2.45) is 21.6 Å². The van der Waals surface area contributed by atoms with Gasteiger partial charge in [0.15, 0.2) is 0 Å². The van der Waals surface area contributed by atoms with Crippen LogP contribution in [0.15, 0.2) is 58.1 Å². The van der Waals surface area contributed by atoms with Crippen molar-refractivity contribution in [1.29, 1.82) is 0 Å². The van der Waals surface area contributed by atoms with E-state index in [2.05, 4.69) is 15.3 Å². The summed E-state index contributed by atoms with van der Waals surface area (Å²) in [7, 11) is 0. The Morgan fingerprint density at radius 1 is 1.15 bits per heavy atom. The summed E-state index contributed by atoms with van der Waals surface area (Å²) in [6.07, 6.45) is 4.93. The molecular formula is C22H21N5O7. The fourth-order valence-electron chi connectivity index (χ4n) is 3.36. The summed E-state index contributed by atoms with van der Waals surface area (Å²) in [5, 5.41) is 20.2. The number of carbonyl (C=O) groups is 5. The summed E-state index contributed by atoms with van der Waals surface area (Å²) in [4.78, 5) is 67.1. The lowest BCUT2D eigenvalue weighted by atomic mass is 9.92. The van der Waals surface area contributed by atoms with E-state index in [1.54, 1.807) is 18.2 Å². The van der Waals surface area contributed by atoms with Crippen LogP contribution in [0, 0.1) is 5.92 Å². The van der Waals surface area contributed by atoms with E-state index in [1.807, 2.05) is 0 Å². The third-order valence-corrected chi connectivity index (χ3v) is 5.09. The zero-order chi connectivity index (χ0) is 24.8. The predicted molar refractivity (Wildman–Crippen MR) is 120 cm³/mol. The molecule has 0 radical (unpaired) electrons. The maximum atomic E-state index is 12.4. The molecule has 1 aromatic rings. The molecule has 2 atom stereocenters. The first-order chi connectivity index (χ1) is 16.2. The number of nitrogens with one attached hydrogen (secondary N) is 1. The molecule has 2 aliphatic rings. The highest BCUT2D eigenvalue weighted by molar-refractivity contribution is 6.21. The SMILES string of the molecule is NC1=NC(=O)C2C=C(CN(C=O)c3ccc(C(=O)N[C@@H](CCC(=O)O)C(=O)O)cc3)C=CC2=N1. The van der Waals surface area contributed by atoms with Gasteiger partial charge in [0.25, 0.3) is 11.8 Å². The highest BCUT2D eigenvalue weighted by Gasteiger charge is 2.28. The third kappa shape index (κ3) is 5.79. The van der Waals surface area contributed by atoms with Gasteiger partial charge in [-0.15, -0.1) is 0 Å². The Hall–Kier alpha value is -4.61. The summed E-state index contributed by atoms with van der Waals surface area (Å²) in [6.45, 7) is 0.137. The molecule has 3 amide bonds. The number of nitrogens with two attached hydrogens (primary N) is 1. The number of nitrogens with zero attached hydrogens (tertiary/aromatic N) is 3.